The number of hydrazine groups is 1. The second-order valence-electron chi connectivity index (χ2n) is 4.52. The lowest BCUT2D eigenvalue weighted by Crippen LogP contribution is -2.27. The zero-order valence-corrected chi connectivity index (χ0v) is 11.3. The van der Waals surface area contributed by atoms with Crippen LogP contribution in [0.4, 0.5) is 5.82 Å². The standard InChI is InChI=1S/C13H16N4O3/c1-3-6-17-7-9(13(19)20)11(18)8-4-5-10(16(2)14)15-12(8)17/h4-5,7H,3,6,14H2,1-2H3,(H,19,20). The molecule has 0 fully saturated rings. The second kappa shape index (κ2) is 5.30. The molecule has 2 heterocycles. The highest BCUT2D eigenvalue weighted by Crippen LogP contribution is 2.15. The average Bonchev–Trinajstić information content (AvgIpc) is 2.41. The molecule has 3 N–H and O–H groups in total. The molecular formula is C13H16N4O3. The lowest BCUT2D eigenvalue weighted by molar-refractivity contribution is 0.0695. The summed E-state index contributed by atoms with van der Waals surface area (Å²) in [6.07, 6.45) is 2.13. The second-order valence-corrected chi connectivity index (χ2v) is 4.52. The van der Waals surface area contributed by atoms with E-state index in [1.807, 2.05) is 6.92 Å². The van der Waals surface area contributed by atoms with Gasteiger partial charge < -0.3 is 9.67 Å². The Bertz CT molecular complexity index is 721. The molecule has 0 radical (unpaired) electrons. The summed E-state index contributed by atoms with van der Waals surface area (Å²) in [6.45, 7) is 2.53. The predicted molar refractivity (Wildman–Crippen MR) is 75.8 cm³/mol. The Labute approximate surface area is 115 Å². The quantitative estimate of drug-likeness (QED) is 0.633. The first kappa shape index (κ1) is 14.0. The van der Waals surface area contributed by atoms with Gasteiger partial charge in [-0.2, -0.15) is 0 Å². The number of rotatable bonds is 4. The Morgan fingerprint density at radius 2 is 2.20 bits per heavy atom. The number of anilines is 1. The van der Waals surface area contributed by atoms with Gasteiger partial charge >= 0.3 is 5.97 Å². The Hall–Kier alpha value is -2.41. The molecule has 0 amide bonds. The number of nitrogens with two attached hydrogens (primary N) is 1. The molecule has 0 aliphatic carbocycles. The summed E-state index contributed by atoms with van der Waals surface area (Å²) in [7, 11) is 1.64. The van der Waals surface area contributed by atoms with Crippen molar-refractivity contribution < 1.29 is 9.90 Å². The van der Waals surface area contributed by atoms with Gasteiger partial charge in [-0.3, -0.25) is 9.80 Å². The van der Waals surface area contributed by atoms with Crippen LogP contribution in [0.5, 0.6) is 0 Å². The maximum absolute atomic E-state index is 12.1. The molecule has 2 rings (SSSR count). The van der Waals surface area contributed by atoms with Gasteiger partial charge in [0.1, 0.15) is 17.0 Å². The third-order valence-electron chi connectivity index (χ3n) is 2.96. The summed E-state index contributed by atoms with van der Waals surface area (Å²) in [5.41, 5.74) is -0.336. The number of carbonyl (C=O) groups is 1. The lowest BCUT2D eigenvalue weighted by Gasteiger charge is -2.14. The largest absolute Gasteiger partial charge is 0.477 e. The fraction of sp³-hybridized carbons (Fsp3) is 0.308. The summed E-state index contributed by atoms with van der Waals surface area (Å²) in [5, 5.41) is 10.7. The van der Waals surface area contributed by atoms with Crippen LogP contribution < -0.4 is 16.3 Å². The maximum atomic E-state index is 12.1. The summed E-state index contributed by atoms with van der Waals surface area (Å²) in [4.78, 5) is 27.6. The number of pyridine rings is 2. The van der Waals surface area contributed by atoms with Crippen molar-refractivity contribution in [1.82, 2.24) is 9.55 Å². The molecule has 0 unspecified atom stereocenters. The van der Waals surface area contributed by atoms with E-state index < -0.39 is 11.4 Å². The van der Waals surface area contributed by atoms with Crippen molar-refractivity contribution in [3.05, 3.63) is 34.1 Å². The van der Waals surface area contributed by atoms with E-state index in [0.717, 1.165) is 6.42 Å². The van der Waals surface area contributed by atoms with Crippen LogP contribution in [0, 0.1) is 0 Å². The Kier molecular flexibility index (Phi) is 3.71. The Balaban J connectivity index is 2.82. The van der Waals surface area contributed by atoms with Crippen LogP contribution in [-0.2, 0) is 6.54 Å². The molecular weight excluding hydrogens is 260 g/mol. The molecule has 0 spiro atoms. The number of aromatic carboxylic acids is 1. The van der Waals surface area contributed by atoms with Crippen molar-refractivity contribution in [3.8, 4) is 0 Å². The number of hydrogen-bond donors (Lipinski definition) is 2. The van der Waals surface area contributed by atoms with Crippen molar-refractivity contribution in [3.63, 3.8) is 0 Å². The highest BCUT2D eigenvalue weighted by atomic mass is 16.4. The van der Waals surface area contributed by atoms with E-state index in [9.17, 15) is 9.59 Å². The molecule has 7 heteroatoms. The van der Waals surface area contributed by atoms with E-state index in [-0.39, 0.29) is 10.9 Å². The number of carboxylic acids is 1. The van der Waals surface area contributed by atoms with Crippen molar-refractivity contribution in [1.29, 1.82) is 0 Å². The molecule has 0 saturated heterocycles. The van der Waals surface area contributed by atoms with Gasteiger partial charge in [-0.1, -0.05) is 6.92 Å². The van der Waals surface area contributed by atoms with E-state index in [1.165, 1.54) is 11.2 Å². The van der Waals surface area contributed by atoms with Crippen LogP contribution in [-0.4, -0.2) is 27.7 Å². The molecule has 0 saturated carbocycles. The van der Waals surface area contributed by atoms with Gasteiger partial charge in [0.2, 0.25) is 5.43 Å². The van der Waals surface area contributed by atoms with E-state index in [4.69, 9.17) is 10.9 Å². The van der Waals surface area contributed by atoms with Gasteiger partial charge in [0, 0.05) is 19.8 Å². The van der Waals surface area contributed by atoms with Crippen LogP contribution in [0.3, 0.4) is 0 Å². The summed E-state index contributed by atoms with van der Waals surface area (Å²) >= 11 is 0. The molecule has 0 aliphatic heterocycles. The first-order chi connectivity index (χ1) is 9.45. The number of hydrogen-bond acceptors (Lipinski definition) is 5. The smallest absolute Gasteiger partial charge is 0.341 e. The normalized spacial score (nSPS) is 10.8. The van der Waals surface area contributed by atoms with Crippen LogP contribution in [0.2, 0.25) is 0 Å². The lowest BCUT2D eigenvalue weighted by atomic mass is 10.2. The third kappa shape index (κ3) is 2.35. The predicted octanol–water partition coefficient (Wildman–Crippen LogP) is 0.815. The molecule has 0 atom stereocenters. The molecule has 2 aromatic heterocycles. The van der Waals surface area contributed by atoms with Gasteiger partial charge in [0.15, 0.2) is 0 Å². The number of nitrogens with zero attached hydrogens (tertiary/aromatic N) is 3. The molecule has 0 aliphatic rings. The molecule has 7 nitrogen and oxygen atoms in total. The third-order valence-corrected chi connectivity index (χ3v) is 2.96. The first-order valence-electron chi connectivity index (χ1n) is 6.21. The highest BCUT2D eigenvalue weighted by Gasteiger charge is 2.15. The fourth-order valence-corrected chi connectivity index (χ4v) is 2.02. The molecule has 0 aromatic carbocycles. The summed E-state index contributed by atoms with van der Waals surface area (Å²) < 4.78 is 1.67. The minimum atomic E-state index is -1.23. The van der Waals surface area contributed by atoms with Crippen LogP contribution >= 0.6 is 0 Å². The minimum absolute atomic E-state index is 0.249. The SMILES string of the molecule is CCCn1cc(C(=O)O)c(=O)c2ccc(N(C)N)nc21. The fourth-order valence-electron chi connectivity index (χ4n) is 2.02. The van der Waals surface area contributed by atoms with E-state index >= 15 is 0 Å². The van der Waals surface area contributed by atoms with Crippen molar-refractivity contribution in [2.45, 2.75) is 19.9 Å². The van der Waals surface area contributed by atoms with Gasteiger partial charge in [-0.25, -0.2) is 15.6 Å². The topological polar surface area (TPSA) is 101 Å². The van der Waals surface area contributed by atoms with Crippen molar-refractivity contribution in [2.75, 3.05) is 12.1 Å². The van der Waals surface area contributed by atoms with Crippen LogP contribution in [0.15, 0.2) is 23.1 Å². The van der Waals surface area contributed by atoms with Gasteiger partial charge in [-0.05, 0) is 18.6 Å². The van der Waals surface area contributed by atoms with Gasteiger partial charge in [-0.15, -0.1) is 0 Å². The van der Waals surface area contributed by atoms with E-state index in [0.29, 0.717) is 18.0 Å². The van der Waals surface area contributed by atoms with Gasteiger partial charge in [0.05, 0.1) is 5.39 Å². The minimum Gasteiger partial charge on any atom is -0.477 e. The van der Waals surface area contributed by atoms with Gasteiger partial charge in [0.25, 0.3) is 0 Å². The van der Waals surface area contributed by atoms with Crippen molar-refractivity contribution in [2.24, 2.45) is 5.84 Å². The average molecular weight is 276 g/mol. The van der Waals surface area contributed by atoms with E-state index in [1.54, 1.807) is 23.7 Å². The molecule has 0 bridgehead atoms. The first-order valence-corrected chi connectivity index (χ1v) is 6.21. The zero-order chi connectivity index (χ0) is 14.9. The summed E-state index contributed by atoms with van der Waals surface area (Å²) in [5.74, 6) is 4.90. The number of fused-ring (bicyclic) bond motifs is 1. The maximum Gasteiger partial charge on any atom is 0.341 e. The molecule has 106 valence electrons. The van der Waals surface area contributed by atoms with Crippen LogP contribution in [0.1, 0.15) is 23.7 Å². The van der Waals surface area contributed by atoms with Crippen LogP contribution in [0.25, 0.3) is 11.0 Å². The van der Waals surface area contributed by atoms with Crippen molar-refractivity contribution >= 4 is 22.8 Å². The monoisotopic (exact) mass is 276 g/mol. The molecule has 20 heavy (non-hydrogen) atoms. The number of carboxylic acid groups (broad SMARTS) is 1. The summed E-state index contributed by atoms with van der Waals surface area (Å²) in [6, 6.07) is 3.15. The zero-order valence-electron chi connectivity index (χ0n) is 11.3. The van der Waals surface area contributed by atoms with E-state index in [2.05, 4.69) is 4.98 Å². The highest BCUT2D eigenvalue weighted by molar-refractivity contribution is 5.92. The number of aryl methyl sites for hydroxylation is 1. The molecule has 2 aromatic rings. The Morgan fingerprint density at radius 1 is 1.50 bits per heavy atom. The number of aromatic nitrogens is 2. The Morgan fingerprint density at radius 3 is 2.75 bits per heavy atom.